The van der Waals surface area contributed by atoms with Crippen molar-refractivity contribution in [2.75, 3.05) is 7.11 Å². The Labute approximate surface area is 77.1 Å². The van der Waals surface area contributed by atoms with Gasteiger partial charge in [-0.2, -0.15) is 4.99 Å². The first-order valence-electron chi connectivity index (χ1n) is 3.91. The molecular weight excluding hydrogens is 166 g/mol. The third kappa shape index (κ3) is 3.07. The second kappa shape index (κ2) is 4.40. The molecule has 0 aliphatic heterocycles. The van der Waals surface area contributed by atoms with E-state index in [4.69, 9.17) is 0 Å². The van der Waals surface area contributed by atoms with Crippen LogP contribution in [-0.4, -0.2) is 19.4 Å². The Morgan fingerprint density at radius 1 is 1.38 bits per heavy atom. The molecule has 13 heavy (non-hydrogen) atoms. The maximum atomic E-state index is 10.6. The van der Waals surface area contributed by atoms with Crippen LogP contribution in [0.3, 0.4) is 0 Å². The van der Waals surface area contributed by atoms with E-state index >= 15 is 0 Å². The average Bonchev–Trinajstić information content (AvgIpc) is 2.16. The van der Waals surface area contributed by atoms with E-state index in [9.17, 15) is 4.79 Å². The van der Waals surface area contributed by atoms with Crippen LogP contribution in [-0.2, 0) is 4.74 Å². The fourth-order valence-electron chi connectivity index (χ4n) is 0.832. The molecule has 0 aliphatic carbocycles. The summed E-state index contributed by atoms with van der Waals surface area (Å²) in [6, 6.07) is 7.70. The molecule has 0 aliphatic rings. The fourth-order valence-corrected chi connectivity index (χ4v) is 0.832. The van der Waals surface area contributed by atoms with Crippen LogP contribution in [0.5, 0.6) is 0 Å². The number of nitrogens with zero attached hydrogens (tertiary/aromatic N) is 1. The lowest BCUT2D eigenvalue weighted by Gasteiger charge is -1.93. The normalized spacial score (nSPS) is 10.3. The predicted octanol–water partition coefficient (Wildman–Crippen LogP) is 2.18. The van der Waals surface area contributed by atoms with Gasteiger partial charge in [-0.25, -0.2) is 4.79 Å². The van der Waals surface area contributed by atoms with Gasteiger partial charge in [0.05, 0.1) is 7.11 Å². The number of amides is 1. The monoisotopic (exact) mass is 177 g/mol. The van der Waals surface area contributed by atoms with Crippen molar-refractivity contribution >= 4 is 12.3 Å². The minimum atomic E-state index is -0.583. The first kappa shape index (κ1) is 9.45. The van der Waals surface area contributed by atoms with Gasteiger partial charge in [0.15, 0.2) is 0 Å². The third-order valence-electron chi connectivity index (χ3n) is 1.57. The number of rotatable bonds is 1. The summed E-state index contributed by atoms with van der Waals surface area (Å²) in [5.74, 6) is 0. The topological polar surface area (TPSA) is 38.7 Å². The molecule has 1 rings (SSSR count). The van der Waals surface area contributed by atoms with Crippen molar-refractivity contribution < 1.29 is 9.53 Å². The van der Waals surface area contributed by atoms with Crippen molar-refractivity contribution in [3.05, 3.63) is 35.4 Å². The van der Waals surface area contributed by atoms with Gasteiger partial charge in [-0.15, -0.1) is 0 Å². The van der Waals surface area contributed by atoms with Crippen LogP contribution < -0.4 is 0 Å². The largest absolute Gasteiger partial charge is 0.451 e. The summed E-state index contributed by atoms with van der Waals surface area (Å²) in [4.78, 5) is 14.2. The maximum absolute atomic E-state index is 10.6. The molecule has 0 spiro atoms. The zero-order valence-corrected chi connectivity index (χ0v) is 7.65. The van der Waals surface area contributed by atoms with Gasteiger partial charge in [0.25, 0.3) is 0 Å². The van der Waals surface area contributed by atoms with Gasteiger partial charge in [0.1, 0.15) is 0 Å². The molecule has 0 unspecified atom stereocenters. The minimum absolute atomic E-state index is 0.583. The van der Waals surface area contributed by atoms with Gasteiger partial charge in [-0.05, 0) is 12.5 Å². The number of hydrogen-bond donors (Lipinski definition) is 0. The van der Waals surface area contributed by atoms with Crippen molar-refractivity contribution in [3.63, 3.8) is 0 Å². The minimum Gasteiger partial charge on any atom is -0.451 e. The Hall–Kier alpha value is -1.64. The van der Waals surface area contributed by atoms with Gasteiger partial charge < -0.3 is 4.74 Å². The molecule has 0 saturated heterocycles. The van der Waals surface area contributed by atoms with E-state index in [1.165, 1.54) is 18.9 Å². The van der Waals surface area contributed by atoms with Crippen LogP contribution in [0.1, 0.15) is 11.1 Å². The Bertz CT molecular complexity index is 314. The van der Waals surface area contributed by atoms with Crippen molar-refractivity contribution in [1.29, 1.82) is 0 Å². The number of benzene rings is 1. The first-order chi connectivity index (χ1) is 6.22. The van der Waals surface area contributed by atoms with E-state index in [1.807, 2.05) is 31.2 Å². The Kier molecular flexibility index (Phi) is 3.20. The highest BCUT2D eigenvalue weighted by atomic mass is 16.5. The molecule has 0 atom stereocenters. The number of aliphatic imine (C=N–C) groups is 1. The molecule has 0 fully saturated rings. The fraction of sp³-hybridized carbons (Fsp3) is 0.200. The SMILES string of the molecule is COC(=O)/N=C/c1ccc(C)cc1. The van der Waals surface area contributed by atoms with Crippen LogP contribution >= 0.6 is 0 Å². The second-order valence-corrected chi connectivity index (χ2v) is 2.64. The van der Waals surface area contributed by atoms with E-state index in [-0.39, 0.29) is 0 Å². The molecule has 1 amide bonds. The van der Waals surface area contributed by atoms with Gasteiger partial charge in [0, 0.05) is 6.21 Å². The van der Waals surface area contributed by atoms with Crippen LogP contribution in [0, 0.1) is 6.92 Å². The van der Waals surface area contributed by atoms with E-state index < -0.39 is 6.09 Å². The van der Waals surface area contributed by atoms with Crippen LogP contribution in [0.25, 0.3) is 0 Å². The highest BCUT2D eigenvalue weighted by Crippen LogP contribution is 2.00. The van der Waals surface area contributed by atoms with Crippen molar-refractivity contribution in [3.8, 4) is 0 Å². The summed E-state index contributed by atoms with van der Waals surface area (Å²) in [5, 5.41) is 0. The lowest BCUT2D eigenvalue weighted by Crippen LogP contribution is -1.93. The molecule has 0 bridgehead atoms. The van der Waals surface area contributed by atoms with Crippen molar-refractivity contribution in [1.82, 2.24) is 0 Å². The summed E-state index contributed by atoms with van der Waals surface area (Å²) in [5.41, 5.74) is 2.06. The number of hydrogen-bond acceptors (Lipinski definition) is 2. The lowest BCUT2D eigenvalue weighted by atomic mass is 10.2. The maximum Gasteiger partial charge on any atom is 0.433 e. The molecular formula is C10H11NO2. The second-order valence-electron chi connectivity index (χ2n) is 2.64. The number of aryl methyl sites for hydroxylation is 1. The Morgan fingerprint density at radius 2 is 2.00 bits per heavy atom. The number of carbonyl (C=O) groups excluding carboxylic acids is 1. The van der Waals surface area contributed by atoms with Crippen molar-refractivity contribution in [2.45, 2.75) is 6.92 Å². The molecule has 0 heterocycles. The highest BCUT2D eigenvalue weighted by molar-refractivity contribution is 5.88. The van der Waals surface area contributed by atoms with E-state index in [1.54, 1.807) is 0 Å². The molecule has 1 aromatic carbocycles. The molecule has 0 saturated carbocycles. The molecule has 3 heteroatoms. The summed E-state index contributed by atoms with van der Waals surface area (Å²) < 4.78 is 4.36. The Balaban J connectivity index is 2.69. The summed E-state index contributed by atoms with van der Waals surface area (Å²) in [6.45, 7) is 2.00. The molecule has 68 valence electrons. The van der Waals surface area contributed by atoms with Crippen LogP contribution in [0.2, 0.25) is 0 Å². The summed E-state index contributed by atoms with van der Waals surface area (Å²) in [7, 11) is 1.30. The standard InChI is InChI=1S/C10H11NO2/c1-8-3-5-9(6-4-8)7-11-10(12)13-2/h3-7H,1-2H3/b11-7+. The van der Waals surface area contributed by atoms with Crippen LogP contribution in [0.15, 0.2) is 29.3 Å². The quantitative estimate of drug-likeness (QED) is 0.616. The molecule has 3 nitrogen and oxygen atoms in total. The van der Waals surface area contributed by atoms with Crippen LogP contribution in [0.4, 0.5) is 4.79 Å². The Morgan fingerprint density at radius 3 is 2.54 bits per heavy atom. The van der Waals surface area contributed by atoms with E-state index in [2.05, 4.69) is 9.73 Å². The molecule has 0 radical (unpaired) electrons. The van der Waals surface area contributed by atoms with Crippen molar-refractivity contribution in [2.24, 2.45) is 4.99 Å². The number of ether oxygens (including phenoxy) is 1. The number of methoxy groups -OCH3 is 1. The lowest BCUT2D eigenvalue weighted by molar-refractivity contribution is 0.183. The highest BCUT2D eigenvalue weighted by Gasteiger charge is 1.92. The third-order valence-corrected chi connectivity index (χ3v) is 1.57. The van der Waals surface area contributed by atoms with Gasteiger partial charge >= 0.3 is 6.09 Å². The van der Waals surface area contributed by atoms with Gasteiger partial charge in [-0.1, -0.05) is 29.8 Å². The molecule has 0 N–H and O–H groups in total. The number of carbonyl (C=O) groups is 1. The first-order valence-corrected chi connectivity index (χ1v) is 3.91. The van der Waals surface area contributed by atoms with E-state index in [0.29, 0.717) is 0 Å². The van der Waals surface area contributed by atoms with Gasteiger partial charge in [0.2, 0.25) is 0 Å². The average molecular weight is 177 g/mol. The van der Waals surface area contributed by atoms with E-state index in [0.717, 1.165) is 5.56 Å². The zero-order chi connectivity index (χ0) is 9.68. The smallest absolute Gasteiger partial charge is 0.433 e. The molecule has 1 aromatic rings. The predicted molar refractivity (Wildman–Crippen MR) is 51.2 cm³/mol. The van der Waals surface area contributed by atoms with Gasteiger partial charge in [-0.3, -0.25) is 0 Å². The molecule has 0 aromatic heterocycles. The zero-order valence-electron chi connectivity index (χ0n) is 7.65. The summed E-state index contributed by atoms with van der Waals surface area (Å²) >= 11 is 0. The summed E-state index contributed by atoms with van der Waals surface area (Å²) in [6.07, 6.45) is 0.895.